The van der Waals surface area contributed by atoms with E-state index in [1.807, 2.05) is 0 Å². The molecule has 100 valence electrons. The van der Waals surface area contributed by atoms with Crippen molar-refractivity contribution in [1.82, 2.24) is 14.9 Å². The molecule has 0 spiro atoms. The molecule has 1 aromatic heterocycles. The molecule has 0 radical (unpaired) electrons. The van der Waals surface area contributed by atoms with Crippen molar-refractivity contribution < 1.29 is 13.2 Å². The van der Waals surface area contributed by atoms with Crippen LogP contribution in [0.5, 0.6) is 0 Å². The van der Waals surface area contributed by atoms with Crippen molar-refractivity contribution in [1.29, 1.82) is 0 Å². The molecule has 19 heavy (non-hydrogen) atoms. The van der Waals surface area contributed by atoms with E-state index in [0.717, 1.165) is 12.1 Å². The number of alkyl halides is 3. The third kappa shape index (κ3) is 2.98. The Morgan fingerprint density at radius 2 is 1.58 bits per heavy atom. The first-order chi connectivity index (χ1) is 8.88. The SMILES string of the molecule is Cc1nnc(C)n1/N=C\c1ccc(C(F)(F)F)cc1. The van der Waals surface area contributed by atoms with Crippen molar-refractivity contribution in [2.45, 2.75) is 20.0 Å². The van der Waals surface area contributed by atoms with Crippen LogP contribution in [0, 0.1) is 13.8 Å². The van der Waals surface area contributed by atoms with E-state index in [-0.39, 0.29) is 0 Å². The molecule has 0 amide bonds. The summed E-state index contributed by atoms with van der Waals surface area (Å²) in [6, 6.07) is 4.77. The van der Waals surface area contributed by atoms with Crippen LogP contribution in [0.25, 0.3) is 0 Å². The van der Waals surface area contributed by atoms with Gasteiger partial charge in [0, 0.05) is 0 Å². The minimum Gasteiger partial charge on any atom is -0.202 e. The standard InChI is InChI=1S/C12H11F3N4/c1-8-17-18-9(2)19(8)16-7-10-3-5-11(6-4-10)12(13,14)15/h3-7H,1-2H3/b16-7-. The lowest BCUT2D eigenvalue weighted by molar-refractivity contribution is -0.137. The van der Waals surface area contributed by atoms with Crippen molar-refractivity contribution in [3.05, 3.63) is 47.0 Å². The molecule has 0 fully saturated rings. The molecule has 0 bridgehead atoms. The number of hydrogen-bond acceptors (Lipinski definition) is 3. The van der Waals surface area contributed by atoms with Gasteiger partial charge in [0.25, 0.3) is 0 Å². The predicted molar refractivity (Wildman–Crippen MR) is 63.9 cm³/mol. The third-order valence-electron chi connectivity index (χ3n) is 2.51. The van der Waals surface area contributed by atoms with Gasteiger partial charge in [-0.05, 0) is 31.5 Å². The summed E-state index contributed by atoms with van der Waals surface area (Å²) in [6.45, 7) is 3.48. The third-order valence-corrected chi connectivity index (χ3v) is 2.51. The minimum atomic E-state index is -4.32. The number of aromatic nitrogens is 3. The van der Waals surface area contributed by atoms with E-state index in [0.29, 0.717) is 17.2 Å². The van der Waals surface area contributed by atoms with Gasteiger partial charge in [-0.15, -0.1) is 10.2 Å². The first kappa shape index (κ1) is 13.3. The summed E-state index contributed by atoms with van der Waals surface area (Å²) in [4.78, 5) is 0. The highest BCUT2D eigenvalue weighted by Crippen LogP contribution is 2.28. The van der Waals surface area contributed by atoms with Crippen LogP contribution in [0.15, 0.2) is 29.4 Å². The first-order valence-electron chi connectivity index (χ1n) is 5.48. The zero-order chi connectivity index (χ0) is 14.0. The lowest BCUT2D eigenvalue weighted by Gasteiger charge is -2.05. The highest BCUT2D eigenvalue weighted by atomic mass is 19.4. The van der Waals surface area contributed by atoms with Gasteiger partial charge in [0.05, 0.1) is 11.8 Å². The highest BCUT2D eigenvalue weighted by molar-refractivity contribution is 5.79. The van der Waals surface area contributed by atoms with Gasteiger partial charge >= 0.3 is 6.18 Å². The molecule has 2 aromatic rings. The van der Waals surface area contributed by atoms with Crippen LogP contribution in [0.3, 0.4) is 0 Å². The zero-order valence-electron chi connectivity index (χ0n) is 10.3. The van der Waals surface area contributed by atoms with E-state index in [1.165, 1.54) is 23.0 Å². The summed E-state index contributed by atoms with van der Waals surface area (Å²) in [5.74, 6) is 1.22. The molecular formula is C12H11F3N4. The lowest BCUT2D eigenvalue weighted by Crippen LogP contribution is -2.04. The van der Waals surface area contributed by atoms with Crippen molar-refractivity contribution >= 4 is 6.21 Å². The van der Waals surface area contributed by atoms with E-state index in [9.17, 15) is 13.2 Å². The van der Waals surface area contributed by atoms with Crippen LogP contribution in [-0.2, 0) is 6.18 Å². The lowest BCUT2D eigenvalue weighted by atomic mass is 10.1. The Kier molecular flexibility index (Phi) is 3.37. The molecule has 0 aliphatic heterocycles. The number of aryl methyl sites for hydroxylation is 2. The second-order valence-corrected chi connectivity index (χ2v) is 3.97. The average molecular weight is 268 g/mol. The fourth-order valence-electron chi connectivity index (χ4n) is 1.51. The summed E-state index contributed by atoms with van der Waals surface area (Å²) >= 11 is 0. The van der Waals surface area contributed by atoms with E-state index >= 15 is 0 Å². The van der Waals surface area contributed by atoms with Crippen LogP contribution in [0.4, 0.5) is 13.2 Å². The molecule has 0 saturated heterocycles. The van der Waals surface area contributed by atoms with Gasteiger partial charge in [0.1, 0.15) is 0 Å². The van der Waals surface area contributed by atoms with Crippen LogP contribution < -0.4 is 0 Å². The highest BCUT2D eigenvalue weighted by Gasteiger charge is 2.29. The van der Waals surface area contributed by atoms with Crippen molar-refractivity contribution in [2.24, 2.45) is 5.10 Å². The summed E-state index contributed by atoms with van der Waals surface area (Å²) < 4.78 is 38.7. The molecule has 0 atom stereocenters. The maximum absolute atomic E-state index is 12.4. The van der Waals surface area contributed by atoms with Gasteiger partial charge in [-0.1, -0.05) is 12.1 Å². The summed E-state index contributed by atoms with van der Waals surface area (Å²) in [5.41, 5.74) is -0.109. The van der Waals surface area contributed by atoms with Gasteiger partial charge < -0.3 is 0 Å². The molecule has 0 saturated carbocycles. The van der Waals surface area contributed by atoms with E-state index in [4.69, 9.17) is 0 Å². The molecule has 4 nitrogen and oxygen atoms in total. The van der Waals surface area contributed by atoms with E-state index < -0.39 is 11.7 Å². The van der Waals surface area contributed by atoms with Gasteiger partial charge in [-0.3, -0.25) is 0 Å². The second-order valence-electron chi connectivity index (χ2n) is 3.97. The van der Waals surface area contributed by atoms with Gasteiger partial charge in [0.2, 0.25) is 0 Å². The Labute approximate surface area is 107 Å². The molecule has 7 heteroatoms. The van der Waals surface area contributed by atoms with Crippen molar-refractivity contribution in [2.75, 3.05) is 0 Å². The quantitative estimate of drug-likeness (QED) is 0.786. The Balaban J connectivity index is 2.21. The normalized spacial score (nSPS) is 12.3. The Morgan fingerprint density at radius 1 is 1.05 bits per heavy atom. The number of benzene rings is 1. The summed E-state index contributed by atoms with van der Waals surface area (Å²) in [7, 11) is 0. The average Bonchev–Trinajstić information content (AvgIpc) is 2.66. The Hall–Kier alpha value is -2.18. The molecule has 1 heterocycles. The monoisotopic (exact) mass is 268 g/mol. The zero-order valence-corrected chi connectivity index (χ0v) is 10.3. The summed E-state index contributed by atoms with van der Waals surface area (Å²) in [5, 5.41) is 11.8. The van der Waals surface area contributed by atoms with Gasteiger partial charge in [-0.2, -0.15) is 18.3 Å². The maximum atomic E-state index is 12.4. The van der Waals surface area contributed by atoms with E-state index in [2.05, 4.69) is 15.3 Å². The van der Waals surface area contributed by atoms with Crippen molar-refractivity contribution in [3.63, 3.8) is 0 Å². The van der Waals surface area contributed by atoms with Gasteiger partial charge in [0.15, 0.2) is 11.6 Å². The Bertz CT molecular complexity index is 577. The molecule has 1 aromatic carbocycles. The van der Waals surface area contributed by atoms with Crippen LogP contribution in [0.2, 0.25) is 0 Å². The van der Waals surface area contributed by atoms with Crippen molar-refractivity contribution in [3.8, 4) is 0 Å². The first-order valence-corrected chi connectivity index (χ1v) is 5.48. The smallest absolute Gasteiger partial charge is 0.202 e. The second kappa shape index (κ2) is 4.83. The van der Waals surface area contributed by atoms with E-state index in [1.54, 1.807) is 13.8 Å². The number of hydrogen-bond donors (Lipinski definition) is 0. The maximum Gasteiger partial charge on any atom is 0.416 e. The largest absolute Gasteiger partial charge is 0.416 e. The topological polar surface area (TPSA) is 43.1 Å². The number of halogens is 3. The van der Waals surface area contributed by atoms with Crippen LogP contribution in [0.1, 0.15) is 22.8 Å². The fourth-order valence-corrected chi connectivity index (χ4v) is 1.51. The molecule has 0 aliphatic carbocycles. The fraction of sp³-hybridized carbons (Fsp3) is 0.250. The summed E-state index contributed by atoms with van der Waals surface area (Å²) in [6.07, 6.45) is -2.86. The van der Waals surface area contributed by atoms with Gasteiger partial charge in [-0.25, -0.2) is 4.68 Å². The predicted octanol–water partition coefficient (Wildman–Crippen LogP) is 2.80. The molecular weight excluding hydrogens is 257 g/mol. The molecule has 2 rings (SSSR count). The number of nitrogens with zero attached hydrogens (tertiary/aromatic N) is 4. The molecule has 0 N–H and O–H groups in total. The molecule has 0 unspecified atom stereocenters. The minimum absolute atomic E-state index is 0.570. The number of rotatable bonds is 2. The Morgan fingerprint density at radius 3 is 2.05 bits per heavy atom. The molecule has 0 aliphatic rings. The van der Waals surface area contributed by atoms with Crippen LogP contribution >= 0.6 is 0 Å². The van der Waals surface area contributed by atoms with Crippen LogP contribution in [-0.4, -0.2) is 21.1 Å².